The van der Waals surface area contributed by atoms with E-state index in [-0.39, 0.29) is 5.38 Å². The Hall–Kier alpha value is -0.160. The quantitative estimate of drug-likeness (QED) is 0.727. The van der Waals surface area contributed by atoms with Crippen LogP contribution in [0.15, 0.2) is 22.7 Å². The SMILES string of the molecule is CC(Cl)c1nnc(-c2cc(Cl)cc(Br)c2)s1. The van der Waals surface area contributed by atoms with Crippen molar-refractivity contribution in [3.05, 3.63) is 32.7 Å². The summed E-state index contributed by atoms with van der Waals surface area (Å²) >= 11 is 16.8. The van der Waals surface area contributed by atoms with Gasteiger partial charge in [-0.25, -0.2) is 0 Å². The second kappa shape index (κ2) is 5.00. The molecule has 0 aliphatic heterocycles. The monoisotopic (exact) mass is 336 g/mol. The first-order valence-corrected chi connectivity index (χ1v) is 6.92. The van der Waals surface area contributed by atoms with Crippen molar-refractivity contribution in [1.29, 1.82) is 0 Å². The Morgan fingerprint density at radius 2 is 2.06 bits per heavy atom. The number of halogens is 3. The maximum absolute atomic E-state index is 5.97. The van der Waals surface area contributed by atoms with Gasteiger partial charge in [-0.3, -0.25) is 0 Å². The van der Waals surface area contributed by atoms with Gasteiger partial charge in [0.15, 0.2) is 0 Å². The van der Waals surface area contributed by atoms with Gasteiger partial charge in [-0.15, -0.1) is 21.8 Å². The van der Waals surface area contributed by atoms with Crippen molar-refractivity contribution < 1.29 is 0 Å². The van der Waals surface area contributed by atoms with E-state index in [1.54, 1.807) is 0 Å². The van der Waals surface area contributed by atoms with Crippen LogP contribution in [-0.4, -0.2) is 10.2 Å². The second-order valence-electron chi connectivity index (χ2n) is 3.22. The van der Waals surface area contributed by atoms with Crippen molar-refractivity contribution in [1.82, 2.24) is 10.2 Å². The van der Waals surface area contributed by atoms with E-state index in [1.807, 2.05) is 25.1 Å². The molecule has 2 rings (SSSR count). The van der Waals surface area contributed by atoms with E-state index in [2.05, 4.69) is 26.1 Å². The molecule has 1 heterocycles. The first kappa shape index (κ1) is 12.3. The van der Waals surface area contributed by atoms with Gasteiger partial charge >= 0.3 is 0 Å². The van der Waals surface area contributed by atoms with E-state index in [1.165, 1.54) is 11.3 Å². The van der Waals surface area contributed by atoms with Gasteiger partial charge in [0.25, 0.3) is 0 Å². The van der Waals surface area contributed by atoms with Crippen LogP contribution in [0.2, 0.25) is 5.02 Å². The highest BCUT2D eigenvalue weighted by atomic mass is 79.9. The van der Waals surface area contributed by atoms with Crippen LogP contribution in [0.25, 0.3) is 10.6 Å². The predicted octanol–water partition coefficient (Wildman–Crippen LogP) is 4.92. The molecule has 2 aromatic rings. The molecule has 1 aromatic heterocycles. The topological polar surface area (TPSA) is 25.8 Å². The number of rotatable bonds is 2. The molecule has 0 N–H and O–H groups in total. The average molecular weight is 338 g/mol. The van der Waals surface area contributed by atoms with E-state index in [9.17, 15) is 0 Å². The fourth-order valence-electron chi connectivity index (χ4n) is 1.19. The average Bonchev–Trinajstić information content (AvgIpc) is 2.64. The number of hydrogen-bond donors (Lipinski definition) is 0. The molecule has 0 bridgehead atoms. The Balaban J connectivity index is 2.42. The second-order valence-corrected chi connectivity index (χ2v) is 6.24. The van der Waals surface area contributed by atoms with E-state index >= 15 is 0 Å². The summed E-state index contributed by atoms with van der Waals surface area (Å²) < 4.78 is 0.922. The van der Waals surface area contributed by atoms with E-state index in [0.29, 0.717) is 5.02 Å². The number of aromatic nitrogens is 2. The molecule has 0 aliphatic carbocycles. The summed E-state index contributed by atoms with van der Waals surface area (Å²) in [5.41, 5.74) is 0.945. The van der Waals surface area contributed by atoms with Gasteiger partial charge in [0.1, 0.15) is 10.0 Å². The minimum Gasteiger partial charge on any atom is -0.142 e. The molecule has 1 atom stereocenters. The minimum absolute atomic E-state index is 0.117. The van der Waals surface area contributed by atoms with Crippen LogP contribution < -0.4 is 0 Å². The molecule has 0 saturated heterocycles. The van der Waals surface area contributed by atoms with E-state index in [4.69, 9.17) is 23.2 Å². The first-order chi connectivity index (χ1) is 7.56. The summed E-state index contributed by atoms with van der Waals surface area (Å²) in [5, 5.41) is 10.3. The number of alkyl halides is 1. The minimum atomic E-state index is -0.117. The Bertz CT molecular complexity index is 493. The van der Waals surface area contributed by atoms with Crippen molar-refractivity contribution in [2.45, 2.75) is 12.3 Å². The predicted molar refractivity (Wildman–Crippen MR) is 72.3 cm³/mol. The molecule has 6 heteroatoms. The summed E-state index contributed by atoms with van der Waals surface area (Å²) in [7, 11) is 0. The molecular formula is C10H7BrCl2N2S. The van der Waals surface area contributed by atoms with Gasteiger partial charge in [-0.2, -0.15) is 0 Å². The van der Waals surface area contributed by atoms with Crippen LogP contribution in [-0.2, 0) is 0 Å². The maximum atomic E-state index is 5.97. The Labute approximate surface area is 116 Å². The highest BCUT2D eigenvalue weighted by Gasteiger charge is 2.11. The lowest BCUT2D eigenvalue weighted by molar-refractivity contribution is 0.962. The standard InChI is InChI=1S/C10H7BrCl2N2S/c1-5(12)9-14-15-10(16-9)6-2-7(11)4-8(13)3-6/h2-5H,1H3. The van der Waals surface area contributed by atoms with Crippen molar-refractivity contribution in [3.8, 4) is 10.6 Å². The third-order valence-electron chi connectivity index (χ3n) is 1.89. The summed E-state index contributed by atoms with van der Waals surface area (Å²) in [4.78, 5) is 0. The van der Waals surface area contributed by atoms with Crippen LogP contribution in [0.4, 0.5) is 0 Å². The van der Waals surface area contributed by atoms with Crippen molar-refractivity contribution >= 4 is 50.5 Å². The largest absolute Gasteiger partial charge is 0.147 e. The zero-order valence-corrected chi connectivity index (χ0v) is 12.2. The molecule has 0 fully saturated rings. The molecule has 1 unspecified atom stereocenters. The molecule has 0 radical (unpaired) electrons. The molecule has 2 nitrogen and oxygen atoms in total. The zero-order valence-electron chi connectivity index (χ0n) is 8.25. The van der Waals surface area contributed by atoms with Gasteiger partial charge in [0, 0.05) is 15.1 Å². The summed E-state index contributed by atoms with van der Waals surface area (Å²) in [5.74, 6) is 0. The first-order valence-electron chi connectivity index (χ1n) is 4.50. The number of hydrogen-bond acceptors (Lipinski definition) is 3. The fourth-order valence-corrected chi connectivity index (χ4v) is 2.99. The smallest absolute Gasteiger partial charge is 0.142 e. The van der Waals surface area contributed by atoms with Gasteiger partial charge in [-0.05, 0) is 25.1 Å². The fraction of sp³-hybridized carbons (Fsp3) is 0.200. The molecule has 0 aliphatic rings. The number of benzene rings is 1. The normalized spacial score (nSPS) is 12.8. The van der Waals surface area contributed by atoms with Crippen molar-refractivity contribution in [2.24, 2.45) is 0 Å². The third-order valence-corrected chi connectivity index (χ3v) is 4.06. The van der Waals surface area contributed by atoms with Crippen LogP contribution in [0, 0.1) is 0 Å². The van der Waals surface area contributed by atoms with Crippen LogP contribution >= 0.6 is 50.5 Å². The Morgan fingerprint density at radius 3 is 2.62 bits per heavy atom. The molecule has 0 saturated carbocycles. The van der Waals surface area contributed by atoms with Crippen molar-refractivity contribution in [2.75, 3.05) is 0 Å². The van der Waals surface area contributed by atoms with Crippen LogP contribution in [0.1, 0.15) is 17.3 Å². The molecule has 16 heavy (non-hydrogen) atoms. The summed E-state index contributed by atoms with van der Waals surface area (Å²) in [6.45, 7) is 1.87. The van der Waals surface area contributed by atoms with Gasteiger partial charge in [-0.1, -0.05) is 38.9 Å². The maximum Gasteiger partial charge on any atom is 0.147 e. The highest BCUT2D eigenvalue weighted by molar-refractivity contribution is 9.10. The lowest BCUT2D eigenvalue weighted by Crippen LogP contribution is -1.81. The van der Waals surface area contributed by atoms with Gasteiger partial charge in [0.05, 0.1) is 5.38 Å². The van der Waals surface area contributed by atoms with Gasteiger partial charge in [0.2, 0.25) is 0 Å². The van der Waals surface area contributed by atoms with E-state index < -0.39 is 0 Å². The lowest BCUT2D eigenvalue weighted by Gasteiger charge is -1.98. The van der Waals surface area contributed by atoms with Crippen LogP contribution in [0.3, 0.4) is 0 Å². The third kappa shape index (κ3) is 2.74. The lowest BCUT2D eigenvalue weighted by atomic mass is 10.2. The zero-order chi connectivity index (χ0) is 11.7. The highest BCUT2D eigenvalue weighted by Crippen LogP contribution is 2.32. The Morgan fingerprint density at radius 1 is 1.31 bits per heavy atom. The van der Waals surface area contributed by atoms with Gasteiger partial charge < -0.3 is 0 Å². The molecule has 0 amide bonds. The summed E-state index contributed by atoms with van der Waals surface area (Å²) in [6, 6.07) is 5.64. The molecular weight excluding hydrogens is 331 g/mol. The Kier molecular flexibility index (Phi) is 3.85. The molecule has 84 valence electrons. The summed E-state index contributed by atoms with van der Waals surface area (Å²) in [6.07, 6.45) is 0. The number of nitrogens with zero attached hydrogens (tertiary/aromatic N) is 2. The van der Waals surface area contributed by atoms with Crippen molar-refractivity contribution in [3.63, 3.8) is 0 Å². The van der Waals surface area contributed by atoms with E-state index in [0.717, 1.165) is 20.1 Å². The molecule has 1 aromatic carbocycles. The van der Waals surface area contributed by atoms with Crippen LogP contribution in [0.5, 0.6) is 0 Å². The molecule has 0 spiro atoms.